The number of rotatable bonds is 7. The van der Waals surface area contributed by atoms with Crippen LogP contribution in [-0.2, 0) is 11.2 Å². The van der Waals surface area contributed by atoms with Crippen molar-refractivity contribution in [2.75, 3.05) is 12.4 Å². The zero-order valence-electron chi connectivity index (χ0n) is 19.6. The monoisotopic (exact) mass is 523 g/mol. The van der Waals surface area contributed by atoms with E-state index < -0.39 is 5.91 Å². The minimum atomic E-state index is -0.487. The molecule has 6 rings (SSSR count). The summed E-state index contributed by atoms with van der Waals surface area (Å²) in [5, 5.41) is 7.55. The van der Waals surface area contributed by atoms with Crippen molar-refractivity contribution in [2.24, 2.45) is 16.3 Å². The molecule has 8 nitrogen and oxygen atoms in total. The number of pyridine rings is 1. The predicted molar refractivity (Wildman–Crippen MR) is 137 cm³/mol. The molecule has 2 saturated carbocycles. The number of hydrogen-bond donors (Lipinski definition) is 1. The number of carbonyl (C=O) groups is 2. The van der Waals surface area contributed by atoms with Crippen LogP contribution in [0.5, 0.6) is 0 Å². The maximum atomic E-state index is 13.6. The zero-order valence-corrected chi connectivity index (χ0v) is 21.1. The van der Waals surface area contributed by atoms with Crippen molar-refractivity contribution in [1.29, 1.82) is 0 Å². The van der Waals surface area contributed by atoms with Crippen molar-refractivity contribution in [3.8, 4) is 5.82 Å². The van der Waals surface area contributed by atoms with E-state index in [-0.39, 0.29) is 27.9 Å². The highest BCUT2D eigenvalue weighted by atomic mass is 35.5. The van der Waals surface area contributed by atoms with Crippen LogP contribution < -0.4 is 5.32 Å². The van der Waals surface area contributed by atoms with Gasteiger partial charge in [0.2, 0.25) is 0 Å². The second-order valence-corrected chi connectivity index (χ2v) is 10.5. The van der Waals surface area contributed by atoms with E-state index in [4.69, 9.17) is 27.9 Å². The molecule has 2 fully saturated rings. The molecule has 2 aliphatic carbocycles. The van der Waals surface area contributed by atoms with Gasteiger partial charge in [0.05, 0.1) is 29.9 Å². The van der Waals surface area contributed by atoms with Crippen LogP contribution in [0.3, 0.4) is 0 Å². The summed E-state index contributed by atoms with van der Waals surface area (Å²) in [5.41, 5.74) is 2.71. The number of benzene rings is 1. The molecule has 1 N–H and O–H groups in total. The number of ketones is 1. The average molecular weight is 524 g/mol. The van der Waals surface area contributed by atoms with Crippen LogP contribution in [-0.4, -0.2) is 39.5 Å². The first-order chi connectivity index (χ1) is 17.4. The van der Waals surface area contributed by atoms with Gasteiger partial charge in [0, 0.05) is 24.2 Å². The highest BCUT2D eigenvalue weighted by Crippen LogP contribution is 2.63. The van der Waals surface area contributed by atoms with Gasteiger partial charge in [0.25, 0.3) is 5.91 Å². The number of fused-ring (bicyclic) bond motifs is 1. The van der Waals surface area contributed by atoms with E-state index >= 15 is 0 Å². The van der Waals surface area contributed by atoms with E-state index in [0.29, 0.717) is 46.6 Å². The largest absolute Gasteiger partial charge is 0.484 e. The molecule has 0 radical (unpaired) electrons. The van der Waals surface area contributed by atoms with E-state index in [9.17, 15) is 9.59 Å². The summed E-state index contributed by atoms with van der Waals surface area (Å²) in [6.45, 7) is 0. The first-order valence-corrected chi connectivity index (χ1v) is 12.6. The molecule has 0 saturated heterocycles. The highest BCUT2D eigenvalue weighted by Gasteiger charge is 2.54. The minimum absolute atomic E-state index is 0.0119. The minimum Gasteiger partial charge on any atom is -0.484 e. The Bertz CT molecular complexity index is 1440. The zero-order chi connectivity index (χ0) is 25.0. The van der Waals surface area contributed by atoms with Gasteiger partial charge in [-0.25, -0.2) is 14.7 Å². The van der Waals surface area contributed by atoms with Gasteiger partial charge in [-0.2, -0.15) is 5.10 Å². The van der Waals surface area contributed by atoms with Gasteiger partial charge >= 0.3 is 0 Å². The fourth-order valence-corrected chi connectivity index (χ4v) is 5.44. The van der Waals surface area contributed by atoms with Gasteiger partial charge in [-0.15, -0.1) is 0 Å². The number of methoxy groups -OCH3 is 1. The van der Waals surface area contributed by atoms with Crippen LogP contribution in [0.25, 0.3) is 5.82 Å². The van der Waals surface area contributed by atoms with E-state index in [1.165, 1.54) is 23.6 Å². The molecule has 0 atom stereocenters. The molecular formula is C26H23Cl2N5O3. The predicted octanol–water partition coefficient (Wildman–Crippen LogP) is 5.82. The van der Waals surface area contributed by atoms with Gasteiger partial charge in [0.15, 0.2) is 22.7 Å². The third-order valence-corrected chi connectivity index (χ3v) is 7.77. The van der Waals surface area contributed by atoms with Crippen LogP contribution in [0.15, 0.2) is 41.5 Å². The summed E-state index contributed by atoms with van der Waals surface area (Å²) in [7, 11) is 1.57. The molecule has 36 heavy (non-hydrogen) atoms. The van der Waals surface area contributed by atoms with Crippen molar-refractivity contribution in [3.05, 3.63) is 63.5 Å². The number of Topliss-reactive ketones (excluding diaryl/α,β-unsaturated/α-hetero) is 1. The molecule has 0 unspecified atom stereocenters. The van der Waals surface area contributed by atoms with Crippen LogP contribution in [0.4, 0.5) is 11.4 Å². The normalized spacial score (nSPS) is 17.4. The topological polar surface area (TPSA) is 98.5 Å². The summed E-state index contributed by atoms with van der Waals surface area (Å²) in [4.78, 5) is 35.8. The van der Waals surface area contributed by atoms with E-state index in [2.05, 4.69) is 20.4 Å². The molecule has 1 aliphatic heterocycles. The molecule has 3 aromatic rings. The third-order valence-electron chi connectivity index (χ3n) is 7.29. The van der Waals surface area contributed by atoms with Gasteiger partial charge < -0.3 is 10.1 Å². The van der Waals surface area contributed by atoms with Gasteiger partial charge in [0.1, 0.15) is 5.69 Å². The maximum Gasteiger partial charge on any atom is 0.274 e. The SMILES string of the molecule is COC1=Nc2cc(C(=O)CC3(C4CC4)CC3)c(NC(=O)c3cc(Cl)nn3-c3ncccc3Cl)cc2C1. The Morgan fingerprint density at radius 1 is 1.22 bits per heavy atom. The van der Waals surface area contributed by atoms with E-state index in [1.807, 2.05) is 6.07 Å². The third kappa shape index (κ3) is 4.18. The summed E-state index contributed by atoms with van der Waals surface area (Å²) in [5.74, 6) is 1.02. The maximum absolute atomic E-state index is 13.6. The Hall–Kier alpha value is -3.23. The lowest BCUT2D eigenvalue weighted by Gasteiger charge is -2.17. The number of aromatic nitrogens is 3. The van der Waals surface area contributed by atoms with Crippen molar-refractivity contribution in [3.63, 3.8) is 0 Å². The second kappa shape index (κ2) is 8.71. The van der Waals surface area contributed by atoms with Crippen LogP contribution >= 0.6 is 23.2 Å². The van der Waals surface area contributed by atoms with Crippen molar-refractivity contribution >= 4 is 52.2 Å². The van der Waals surface area contributed by atoms with Crippen LogP contribution in [0, 0.1) is 11.3 Å². The molecule has 0 spiro atoms. The molecule has 1 amide bonds. The van der Waals surface area contributed by atoms with Gasteiger partial charge in [-0.3, -0.25) is 9.59 Å². The molecule has 184 valence electrons. The number of anilines is 1. The number of aliphatic imine (C=N–C) groups is 1. The van der Waals surface area contributed by atoms with Crippen LogP contribution in [0.2, 0.25) is 10.2 Å². The fraction of sp³-hybridized carbons (Fsp3) is 0.346. The number of halogens is 2. The Morgan fingerprint density at radius 3 is 2.72 bits per heavy atom. The lowest BCUT2D eigenvalue weighted by molar-refractivity contribution is 0.0948. The van der Waals surface area contributed by atoms with Crippen molar-refractivity contribution in [2.45, 2.75) is 38.5 Å². The number of nitrogens with one attached hydrogen (secondary N) is 1. The van der Waals surface area contributed by atoms with Gasteiger partial charge in [-0.05, 0) is 66.8 Å². The molecule has 10 heteroatoms. The standard InChI is InChI=1S/C26H23Cl2N5O3/c1-36-23-10-14-9-19(16(11-18(14)30-23)21(34)13-26(6-7-26)15-4-5-15)31-25(35)20-12-22(28)32-33(20)24-17(27)3-2-8-29-24/h2-3,8-9,11-12,15H,4-7,10,13H2,1H3,(H,31,35). The Kier molecular flexibility index (Phi) is 5.61. The van der Waals surface area contributed by atoms with E-state index in [1.54, 1.807) is 31.5 Å². The van der Waals surface area contributed by atoms with Crippen molar-refractivity contribution in [1.82, 2.24) is 14.8 Å². The second-order valence-electron chi connectivity index (χ2n) is 9.68. The molecule has 3 aliphatic rings. The molecule has 3 heterocycles. The summed E-state index contributed by atoms with van der Waals surface area (Å²) >= 11 is 12.4. The summed E-state index contributed by atoms with van der Waals surface area (Å²) in [6.07, 6.45) is 7.09. The Morgan fingerprint density at radius 2 is 2.03 bits per heavy atom. The van der Waals surface area contributed by atoms with Crippen LogP contribution in [0.1, 0.15) is 58.5 Å². The number of amides is 1. The summed E-state index contributed by atoms with van der Waals surface area (Å²) < 4.78 is 6.62. The average Bonchev–Trinajstić information content (AvgIpc) is 3.77. The number of nitrogens with zero attached hydrogens (tertiary/aromatic N) is 4. The lowest BCUT2D eigenvalue weighted by atomic mass is 9.90. The molecule has 1 aromatic carbocycles. The van der Waals surface area contributed by atoms with Crippen molar-refractivity contribution < 1.29 is 14.3 Å². The summed E-state index contributed by atoms with van der Waals surface area (Å²) in [6, 6.07) is 8.35. The fourth-order valence-electron chi connectivity index (χ4n) is 5.06. The molecule has 0 bridgehead atoms. The lowest BCUT2D eigenvalue weighted by Crippen LogP contribution is -2.20. The Labute approximate surface area is 217 Å². The number of ether oxygens (including phenoxy) is 1. The van der Waals surface area contributed by atoms with Gasteiger partial charge in [-0.1, -0.05) is 23.2 Å². The van der Waals surface area contributed by atoms with E-state index in [0.717, 1.165) is 18.4 Å². The quantitative estimate of drug-likeness (QED) is 0.393. The smallest absolute Gasteiger partial charge is 0.274 e. The highest BCUT2D eigenvalue weighted by molar-refractivity contribution is 6.32. The first-order valence-electron chi connectivity index (χ1n) is 11.9. The molecular weight excluding hydrogens is 501 g/mol. The number of carbonyl (C=O) groups excluding carboxylic acids is 2. The Balaban J connectivity index is 1.35. The first kappa shape index (κ1) is 23.2. The molecule has 2 aromatic heterocycles. The number of hydrogen-bond acceptors (Lipinski definition) is 6.